The molecule has 1 unspecified atom stereocenters. The molecule has 1 saturated heterocycles. The van der Waals surface area contributed by atoms with Gasteiger partial charge in [-0.05, 0) is 18.4 Å². The molecular weight excluding hydrogens is 202 g/mol. The Bertz CT molecular complexity index is 345. The summed E-state index contributed by atoms with van der Waals surface area (Å²) in [5.41, 5.74) is 1.15. The van der Waals surface area contributed by atoms with Crippen LogP contribution in [0.5, 0.6) is 0 Å². The normalized spacial score (nSPS) is 20.7. The van der Waals surface area contributed by atoms with Gasteiger partial charge in [0.2, 0.25) is 5.91 Å². The highest BCUT2D eigenvalue weighted by molar-refractivity contribution is 5.76. The summed E-state index contributed by atoms with van der Waals surface area (Å²) in [7, 11) is 0. The van der Waals surface area contributed by atoms with Crippen molar-refractivity contribution in [1.29, 1.82) is 0 Å². The molecule has 0 bridgehead atoms. The second-order valence-electron chi connectivity index (χ2n) is 4.94. The van der Waals surface area contributed by atoms with Crippen LogP contribution in [-0.4, -0.2) is 34.1 Å². The molecule has 88 valence electrons. The zero-order chi connectivity index (χ0) is 11.5. The molecule has 1 atom stereocenters. The van der Waals surface area contributed by atoms with E-state index in [-0.39, 0.29) is 5.91 Å². The number of nitrogens with zero attached hydrogens (tertiary/aromatic N) is 2. The summed E-state index contributed by atoms with van der Waals surface area (Å²) >= 11 is 0. The Morgan fingerprint density at radius 3 is 3.12 bits per heavy atom. The molecule has 4 heteroatoms. The number of hydrogen-bond donors (Lipinski definition) is 1. The third-order valence-corrected chi connectivity index (χ3v) is 3.09. The van der Waals surface area contributed by atoms with Crippen LogP contribution >= 0.6 is 0 Å². The minimum absolute atomic E-state index is 0.289. The molecule has 16 heavy (non-hydrogen) atoms. The van der Waals surface area contributed by atoms with Crippen molar-refractivity contribution in [3.8, 4) is 0 Å². The van der Waals surface area contributed by atoms with Gasteiger partial charge in [0.15, 0.2) is 0 Å². The first kappa shape index (κ1) is 11.2. The lowest BCUT2D eigenvalue weighted by atomic mass is 10.1. The fourth-order valence-electron chi connectivity index (χ4n) is 2.21. The van der Waals surface area contributed by atoms with Crippen LogP contribution in [0.3, 0.4) is 0 Å². The third-order valence-electron chi connectivity index (χ3n) is 3.09. The SMILES string of the molecule is CC(C)CC(=O)N1CCC(c2ccn[nH]2)C1. The Morgan fingerprint density at radius 1 is 1.69 bits per heavy atom. The molecule has 1 aromatic rings. The van der Waals surface area contributed by atoms with Crippen molar-refractivity contribution in [1.82, 2.24) is 15.1 Å². The lowest BCUT2D eigenvalue weighted by molar-refractivity contribution is -0.130. The van der Waals surface area contributed by atoms with Crippen LogP contribution < -0.4 is 0 Å². The number of H-pyrrole nitrogens is 1. The average Bonchev–Trinajstić information content (AvgIpc) is 2.87. The molecule has 0 saturated carbocycles. The van der Waals surface area contributed by atoms with Gasteiger partial charge in [0, 0.05) is 37.3 Å². The molecule has 2 heterocycles. The predicted molar refractivity (Wildman–Crippen MR) is 62.0 cm³/mol. The Morgan fingerprint density at radius 2 is 2.50 bits per heavy atom. The molecule has 1 amide bonds. The van der Waals surface area contributed by atoms with Crippen LogP contribution in [0.1, 0.15) is 38.3 Å². The maximum Gasteiger partial charge on any atom is 0.222 e. The lowest BCUT2D eigenvalue weighted by Gasteiger charge is -2.17. The molecule has 1 aromatic heterocycles. The van der Waals surface area contributed by atoms with Crippen LogP contribution in [0, 0.1) is 5.92 Å². The maximum absolute atomic E-state index is 11.9. The van der Waals surface area contributed by atoms with Crippen molar-refractivity contribution in [2.24, 2.45) is 5.92 Å². The summed E-state index contributed by atoms with van der Waals surface area (Å²) in [6, 6.07) is 2.00. The highest BCUT2D eigenvalue weighted by atomic mass is 16.2. The molecule has 2 rings (SSSR count). The predicted octanol–water partition coefficient (Wildman–Crippen LogP) is 1.77. The van der Waals surface area contributed by atoms with Crippen molar-refractivity contribution in [2.75, 3.05) is 13.1 Å². The molecule has 1 fully saturated rings. The highest BCUT2D eigenvalue weighted by Crippen LogP contribution is 2.26. The maximum atomic E-state index is 11.9. The first-order valence-electron chi connectivity index (χ1n) is 5.94. The van der Waals surface area contributed by atoms with Gasteiger partial charge < -0.3 is 4.90 Å². The summed E-state index contributed by atoms with van der Waals surface area (Å²) in [5, 5.41) is 6.95. The minimum atomic E-state index is 0.289. The van der Waals surface area contributed by atoms with Crippen LogP contribution in [0.2, 0.25) is 0 Å². The van der Waals surface area contributed by atoms with E-state index < -0.39 is 0 Å². The summed E-state index contributed by atoms with van der Waals surface area (Å²) in [6.45, 7) is 5.89. The van der Waals surface area contributed by atoms with Gasteiger partial charge in [0.25, 0.3) is 0 Å². The number of amides is 1. The Labute approximate surface area is 96.0 Å². The largest absolute Gasteiger partial charge is 0.342 e. The molecule has 1 aliphatic heterocycles. The first-order chi connectivity index (χ1) is 7.66. The second kappa shape index (κ2) is 4.68. The van der Waals surface area contributed by atoms with Crippen LogP contribution in [0.4, 0.5) is 0 Å². The molecule has 4 nitrogen and oxygen atoms in total. The fourth-order valence-corrected chi connectivity index (χ4v) is 2.21. The van der Waals surface area contributed by atoms with E-state index in [4.69, 9.17) is 0 Å². The average molecular weight is 221 g/mol. The zero-order valence-corrected chi connectivity index (χ0v) is 9.94. The summed E-state index contributed by atoms with van der Waals surface area (Å²) in [6.07, 6.45) is 3.48. The standard InChI is InChI=1S/C12H19N3O/c1-9(2)7-12(16)15-6-4-10(8-15)11-3-5-13-14-11/h3,5,9-10H,4,6-8H2,1-2H3,(H,13,14). The van der Waals surface area contributed by atoms with E-state index >= 15 is 0 Å². The minimum Gasteiger partial charge on any atom is -0.342 e. The monoisotopic (exact) mass is 221 g/mol. The molecular formula is C12H19N3O. The molecule has 0 radical (unpaired) electrons. The smallest absolute Gasteiger partial charge is 0.222 e. The Kier molecular flexibility index (Phi) is 3.27. The van der Waals surface area contributed by atoms with Crippen LogP contribution in [0.25, 0.3) is 0 Å². The van der Waals surface area contributed by atoms with Crippen molar-refractivity contribution in [2.45, 2.75) is 32.6 Å². The zero-order valence-electron chi connectivity index (χ0n) is 9.94. The quantitative estimate of drug-likeness (QED) is 0.845. The van der Waals surface area contributed by atoms with Gasteiger partial charge in [-0.3, -0.25) is 9.89 Å². The number of aromatic nitrogens is 2. The van der Waals surface area contributed by atoms with Gasteiger partial charge in [0.05, 0.1) is 0 Å². The highest BCUT2D eigenvalue weighted by Gasteiger charge is 2.27. The van der Waals surface area contributed by atoms with E-state index in [0.29, 0.717) is 18.3 Å². The van der Waals surface area contributed by atoms with E-state index in [9.17, 15) is 4.79 Å². The fraction of sp³-hybridized carbons (Fsp3) is 0.667. The summed E-state index contributed by atoms with van der Waals surface area (Å²) < 4.78 is 0. The summed E-state index contributed by atoms with van der Waals surface area (Å²) in [4.78, 5) is 13.8. The Balaban J connectivity index is 1.91. The number of aromatic amines is 1. The van der Waals surface area contributed by atoms with Gasteiger partial charge >= 0.3 is 0 Å². The van der Waals surface area contributed by atoms with Crippen molar-refractivity contribution in [3.05, 3.63) is 18.0 Å². The van der Waals surface area contributed by atoms with E-state index in [1.165, 1.54) is 0 Å². The molecule has 0 spiro atoms. The number of carbonyl (C=O) groups is 1. The lowest BCUT2D eigenvalue weighted by Crippen LogP contribution is -2.29. The van der Waals surface area contributed by atoms with Gasteiger partial charge in [-0.1, -0.05) is 13.8 Å². The topological polar surface area (TPSA) is 49.0 Å². The number of hydrogen-bond acceptors (Lipinski definition) is 2. The molecule has 1 aliphatic rings. The van der Waals surface area contributed by atoms with E-state index in [2.05, 4.69) is 24.0 Å². The van der Waals surface area contributed by atoms with Gasteiger partial charge in [-0.2, -0.15) is 5.10 Å². The van der Waals surface area contributed by atoms with Gasteiger partial charge in [0.1, 0.15) is 0 Å². The van der Waals surface area contributed by atoms with Crippen molar-refractivity contribution >= 4 is 5.91 Å². The van der Waals surface area contributed by atoms with Crippen molar-refractivity contribution in [3.63, 3.8) is 0 Å². The number of nitrogens with one attached hydrogen (secondary N) is 1. The molecule has 0 aromatic carbocycles. The van der Waals surface area contributed by atoms with Gasteiger partial charge in [-0.15, -0.1) is 0 Å². The second-order valence-corrected chi connectivity index (χ2v) is 4.94. The van der Waals surface area contributed by atoms with E-state index in [1.807, 2.05) is 11.0 Å². The number of rotatable bonds is 3. The van der Waals surface area contributed by atoms with Crippen molar-refractivity contribution < 1.29 is 4.79 Å². The summed E-state index contributed by atoms with van der Waals surface area (Å²) in [5.74, 6) is 1.18. The molecule has 0 aliphatic carbocycles. The molecule has 1 N–H and O–H groups in total. The number of likely N-dealkylation sites (tertiary alicyclic amines) is 1. The van der Waals surface area contributed by atoms with E-state index in [1.54, 1.807) is 6.20 Å². The van der Waals surface area contributed by atoms with Crippen LogP contribution in [-0.2, 0) is 4.79 Å². The first-order valence-corrected chi connectivity index (χ1v) is 5.94. The number of carbonyl (C=O) groups excluding carboxylic acids is 1. The third kappa shape index (κ3) is 2.43. The van der Waals surface area contributed by atoms with E-state index in [0.717, 1.165) is 25.2 Å². The van der Waals surface area contributed by atoms with Crippen LogP contribution in [0.15, 0.2) is 12.3 Å². The van der Waals surface area contributed by atoms with Gasteiger partial charge in [-0.25, -0.2) is 0 Å². The Hall–Kier alpha value is -1.32.